The Morgan fingerprint density at radius 1 is 1.50 bits per heavy atom. The Kier molecular flexibility index (Phi) is 3.74. The summed E-state index contributed by atoms with van der Waals surface area (Å²) in [6.45, 7) is 1.92. The molecule has 6 nitrogen and oxygen atoms in total. The zero-order valence-corrected chi connectivity index (χ0v) is 11.9. The lowest BCUT2D eigenvalue weighted by Gasteiger charge is -2.29. The fourth-order valence-corrected chi connectivity index (χ4v) is 3.47. The second-order valence-electron chi connectivity index (χ2n) is 5.06. The summed E-state index contributed by atoms with van der Waals surface area (Å²) in [6, 6.07) is 1.90. The van der Waals surface area contributed by atoms with E-state index in [4.69, 9.17) is 0 Å². The molecular weight excluding hydrogens is 252 g/mol. The van der Waals surface area contributed by atoms with E-state index in [9.17, 15) is 8.42 Å². The minimum Gasteiger partial charge on any atom is -0.308 e. The molecule has 1 atom stereocenters. The van der Waals surface area contributed by atoms with Gasteiger partial charge in [-0.1, -0.05) is 0 Å². The summed E-state index contributed by atoms with van der Waals surface area (Å²) in [5.74, 6) is 0. The number of hydrogen-bond donors (Lipinski definition) is 0. The molecule has 1 aromatic rings. The van der Waals surface area contributed by atoms with Gasteiger partial charge >= 0.3 is 0 Å². The van der Waals surface area contributed by atoms with Crippen molar-refractivity contribution in [3.63, 3.8) is 0 Å². The van der Waals surface area contributed by atoms with Crippen LogP contribution in [-0.4, -0.2) is 60.3 Å². The molecule has 2 rings (SSSR count). The lowest BCUT2D eigenvalue weighted by atomic mass is 10.2. The highest BCUT2D eigenvalue weighted by Crippen LogP contribution is 2.20. The fourth-order valence-electron chi connectivity index (χ4n) is 2.39. The average Bonchev–Trinajstić information content (AvgIpc) is 2.60. The Bertz CT molecular complexity index is 509. The van der Waals surface area contributed by atoms with E-state index in [0.717, 1.165) is 25.2 Å². The van der Waals surface area contributed by atoms with Gasteiger partial charge in [-0.05, 0) is 26.6 Å². The molecule has 18 heavy (non-hydrogen) atoms. The first-order chi connectivity index (χ1) is 8.38. The van der Waals surface area contributed by atoms with Crippen molar-refractivity contribution >= 4 is 10.0 Å². The number of aryl methyl sites for hydroxylation is 1. The van der Waals surface area contributed by atoms with Crippen LogP contribution in [0.1, 0.15) is 12.1 Å². The summed E-state index contributed by atoms with van der Waals surface area (Å²) in [5.41, 5.74) is 0.960. The number of sulfonamides is 1. The number of hydrogen-bond acceptors (Lipinski definition) is 4. The molecule has 0 fully saturated rings. The van der Waals surface area contributed by atoms with Crippen LogP contribution in [0.5, 0.6) is 0 Å². The van der Waals surface area contributed by atoms with Crippen molar-refractivity contribution in [2.45, 2.75) is 25.6 Å². The van der Waals surface area contributed by atoms with E-state index in [-0.39, 0.29) is 6.04 Å². The maximum atomic E-state index is 11.9. The van der Waals surface area contributed by atoms with Gasteiger partial charge in [-0.15, -0.1) is 0 Å². The van der Waals surface area contributed by atoms with E-state index in [1.807, 2.05) is 29.7 Å². The van der Waals surface area contributed by atoms with Gasteiger partial charge in [0.25, 0.3) is 0 Å². The van der Waals surface area contributed by atoms with Crippen LogP contribution in [0.15, 0.2) is 12.3 Å². The molecule has 0 spiro atoms. The highest BCUT2D eigenvalue weighted by molar-refractivity contribution is 7.88. The molecule has 0 amide bonds. The van der Waals surface area contributed by atoms with E-state index >= 15 is 0 Å². The molecule has 1 aliphatic rings. The van der Waals surface area contributed by atoms with Crippen molar-refractivity contribution in [1.82, 2.24) is 19.0 Å². The van der Waals surface area contributed by atoms with Crippen molar-refractivity contribution in [2.75, 3.05) is 26.9 Å². The summed E-state index contributed by atoms with van der Waals surface area (Å²) in [7, 11) is 0.725. The third kappa shape index (κ3) is 2.90. The predicted octanol–water partition coefficient (Wildman–Crippen LogP) is -0.0214. The summed E-state index contributed by atoms with van der Waals surface area (Å²) < 4.78 is 27.4. The molecule has 1 aliphatic heterocycles. The number of nitrogens with zero attached hydrogens (tertiary/aromatic N) is 4. The lowest BCUT2D eigenvalue weighted by molar-refractivity contribution is 0.240. The Hall–Kier alpha value is -0.920. The van der Waals surface area contributed by atoms with Gasteiger partial charge in [-0.3, -0.25) is 4.68 Å². The average molecular weight is 272 g/mol. The second-order valence-corrected chi connectivity index (χ2v) is 6.99. The predicted molar refractivity (Wildman–Crippen MR) is 69.6 cm³/mol. The quantitative estimate of drug-likeness (QED) is 0.776. The van der Waals surface area contributed by atoms with Crippen molar-refractivity contribution in [3.05, 3.63) is 18.0 Å². The molecule has 0 saturated heterocycles. The van der Waals surface area contributed by atoms with Gasteiger partial charge in [0.15, 0.2) is 0 Å². The van der Waals surface area contributed by atoms with E-state index in [1.54, 1.807) is 10.5 Å². The standard InChI is InChI=1S/C11H20N4O2S/c1-13(2)8-11-5-7-14-10(4-6-12-14)9-15(11)18(3,16)17/h4,6,11H,5,7-9H2,1-3H3/t11-/m0/s1. The molecule has 0 bridgehead atoms. The number of fused-ring (bicyclic) bond motifs is 1. The molecule has 2 heterocycles. The van der Waals surface area contributed by atoms with E-state index in [2.05, 4.69) is 5.10 Å². The maximum Gasteiger partial charge on any atom is 0.211 e. The van der Waals surface area contributed by atoms with E-state index in [0.29, 0.717) is 6.54 Å². The third-order valence-corrected chi connectivity index (χ3v) is 4.48. The van der Waals surface area contributed by atoms with Crippen molar-refractivity contribution in [1.29, 1.82) is 0 Å². The molecule has 0 radical (unpaired) electrons. The smallest absolute Gasteiger partial charge is 0.211 e. The van der Waals surface area contributed by atoms with Gasteiger partial charge in [0.2, 0.25) is 10.0 Å². The molecule has 0 aromatic carbocycles. The molecule has 0 aliphatic carbocycles. The van der Waals surface area contributed by atoms with Crippen LogP contribution in [0.25, 0.3) is 0 Å². The molecule has 0 unspecified atom stereocenters. The minimum absolute atomic E-state index is 0.0108. The van der Waals surface area contributed by atoms with Crippen molar-refractivity contribution in [3.8, 4) is 0 Å². The van der Waals surface area contributed by atoms with Crippen LogP contribution < -0.4 is 0 Å². The fraction of sp³-hybridized carbons (Fsp3) is 0.727. The van der Waals surface area contributed by atoms with Crippen LogP contribution in [0.4, 0.5) is 0 Å². The molecular formula is C11H20N4O2S. The summed E-state index contributed by atoms with van der Waals surface area (Å²) in [6.07, 6.45) is 3.80. The SMILES string of the molecule is CN(C)C[C@@H]1CCn2nccc2CN1S(C)(=O)=O. The van der Waals surface area contributed by atoms with E-state index < -0.39 is 10.0 Å². The number of rotatable bonds is 3. The first-order valence-corrected chi connectivity index (χ1v) is 7.85. The Morgan fingerprint density at radius 3 is 2.83 bits per heavy atom. The first kappa shape index (κ1) is 13.5. The normalized spacial score (nSPS) is 21.9. The Labute approximate surface area is 108 Å². The third-order valence-electron chi connectivity index (χ3n) is 3.21. The van der Waals surface area contributed by atoms with Gasteiger partial charge < -0.3 is 4.90 Å². The highest BCUT2D eigenvalue weighted by Gasteiger charge is 2.30. The molecule has 0 N–H and O–H groups in total. The Balaban J connectivity index is 2.29. The van der Waals surface area contributed by atoms with Crippen molar-refractivity contribution < 1.29 is 8.42 Å². The van der Waals surface area contributed by atoms with Gasteiger partial charge in [-0.2, -0.15) is 9.40 Å². The molecule has 1 aromatic heterocycles. The van der Waals surface area contributed by atoms with Gasteiger partial charge in [-0.25, -0.2) is 8.42 Å². The topological polar surface area (TPSA) is 58.4 Å². The van der Waals surface area contributed by atoms with Crippen LogP contribution in [0.2, 0.25) is 0 Å². The minimum atomic E-state index is -3.20. The second kappa shape index (κ2) is 4.99. The molecule has 7 heteroatoms. The highest BCUT2D eigenvalue weighted by atomic mass is 32.2. The van der Waals surface area contributed by atoms with Crippen LogP contribution in [-0.2, 0) is 23.1 Å². The maximum absolute atomic E-state index is 11.9. The van der Waals surface area contributed by atoms with E-state index in [1.165, 1.54) is 6.26 Å². The number of aromatic nitrogens is 2. The van der Waals surface area contributed by atoms with Crippen LogP contribution in [0, 0.1) is 0 Å². The summed E-state index contributed by atoms with van der Waals surface area (Å²) in [4.78, 5) is 2.02. The zero-order chi connectivity index (χ0) is 13.3. The van der Waals surface area contributed by atoms with Crippen LogP contribution >= 0.6 is 0 Å². The lowest BCUT2D eigenvalue weighted by Crippen LogP contribution is -2.43. The first-order valence-electron chi connectivity index (χ1n) is 6.00. The van der Waals surface area contributed by atoms with Gasteiger partial charge in [0.1, 0.15) is 0 Å². The van der Waals surface area contributed by atoms with Gasteiger partial charge in [0, 0.05) is 25.3 Å². The van der Waals surface area contributed by atoms with Gasteiger partial charge in [0.05, 0.1) is 18.5 Å². The summed E-state index contributed by atoms with van der Waals surface area (Å²) in [5, 5.41) is 4.23. The zero-order valence-electron chi connectivity index (χ0n) is 11.1. The monoisotopic (exact) mass is 272 g/mol. The Morgan fingerprint density at radius 2 is 2.22 bits per heavy atom. The number of likely N-dealkylation sites (N-methyl/N-ethyl adjacent to an activating group) is 1. The largest absolute Gasteiger partial charge is 0.308 e. The van der Waals surface area contributed by atoms with Crippen molar-refractivity contribution in [2.24, 2.45) is 0 Å². The summed E-state index contributed by atoms with van der Waals surface area (Å²) >= 11 is 0. The van der Waals surface area contributed by atoms with Crippen LogP contribution in [0.3, 0.4) is 0 Å². The molecule has 0 saturated carbocycles. The molecule has 102 valence electrons.